The van der Waals surface area contributed by atoms with Crippen LogP contribution in [0.1, 0.15) is 37.6 Å². The van der Waals surface area contributed by atoms with Crippen molar-refractivity contribution in [1.29, 1.82) is 0 Å². The van der Waals surface area contributed by atoms with Crippen LogP contribution in [0.5, 0.6) is 0 Å². The van der Waals surface area contributed by atoms with E-state index in [1.54, 1.807) is 0 Å². The zero-order chi connectivity index (χ0) is 22.3. The number of piperidine rings is 1. The molecule has 1 aliphatic rings. The molecular formula is C25H29BrN4O2. The van der Waals surface area contributed by atoms with Gasteiger partial charge in [0.15, 0.2) is 0 Å². The third-order valence-electron chi connectivity index (χ3n) is 5.99. The van der Waals surface area contributed by atoms with Gasteiger partial charge in [0.25, 0.3) is 0 Å². The number of aryl methyl sites for hydroxylation is 1. The molecule has 2 aromatic carbocycles. The molecule has 1 aromatic heterocycles. The van der Waals surface area contributed by atoms with Crippen LogP contribution in [0.3, 0.4) is 0 Å². The highest BCUT2D eigenvalue weighted by atomic mass is 79.9. The molecule has 1 atom stereocenters. The Morgan fingerprint density at radius 2 is 1.88 bits per heavy atom. The van der Waals surface area contributed by atoms with Crippen molar-refractivity contribution in [2.24, 2.45) is 5.92 Å². The largest absolute Gasteiger partial charge is 0.353 e. The van der Waals surface area contributed by atoms with E-state index in [1.165, 1.54) is 5.56 Å². The van der Waals surface area contributed by atoms with Crippen molar-refractivity contribution in [2.45, 2.75) is 45.2 Å². The summed E-state index contributed by atoms with van der Waals surface area (Å²) in [5, 5.41) is 7.31. The van der Waals surface area contributed by atoms with Crippen molar-refractivity contribution in [3.8, 4) is 11.4 Å². The molecule has 3 aromatic rings. The molecule has 0 spiro atoms. The minimum Gasteiger partial charge on any atom is -0.353 e. The molecule has 168 valence electrons. The molecule has 7 heteroatoms. The first kappa shape index (κ1) is 22.7. The second-order valence-electron chi connectivity index (χ2n) is 8.50. The van der Waals surface area contributed by atoms with E-state index in [-0.39, 0.29) is 17.9 Å². The predicted octanol–water partition coefficient (Wildman–Crippen LogP) is 4.85. The fourth-order valence-corrected chi connectivity index (χ4v) is 4.30. The number of halogens is 1. The normalized spacial score (nSPS) is 16.1. The molecular weight excluding hydrogens is 468 g/mol. The summed E-state index contributed by atoms with van der Waals surface area (Å²) < 4.78 is 6.46. The molecule has 0 radical (unpaired) electrons. The number of carbonyl (C=O) groups is 1. The van der Waals surface area contributed by atoms with E-state index in [0.717, 1.165) is 48.8 Å². The maximum Gasteiger partial charge on any atom is 0.241 e. The monoisotopic (exact) mass is 496 g/mol. The lowest BCUT2D eigenvalue weighted by molar-refractivity contribution is -0.127. The SMILES string of the molecule is CC(CCc1ccccc1)NC(=O)C1CCN(Cc2nc(-c3ccc(Br)cc3)no2)CC1. The maximum absolute atomic E-state index is 12.7. The number of rotatable bonds is 8. The Labute approximate surface area is 197 Å². The Hall–Kier alpha value is -2.51. The molecule has 0 saturated carbocycles. The number of aromatic nitrogens is 2. The molecule has 1 amide bonds. The summed E-state index contributed by atoms with van der Waals surface area (Å²) >= 11 is 3.43. The van der Waals surface area contributed by atoms with Gasteiger partial charge in [-0.05, 0) is 75.5 Å². The molecule has 0 aliphatic carbocycles. The summed E-state index contributed by atoms with van der Waals surface area (Å²) in [4.78, 5) is 19.5. The minimum absolute atomic E-state index is 0.0754. The van der Waals surface area contributed by atoms with Crippen LogP contribution in [0.15, 0.2) is 63.6 Å². The maximum atomic E-state index is 12.7. The van der Waals surface area contributed by atoms with Gasteiger partial charge in [0.05, 0.1) is 6.54 Å². The Morgan fingerprint density at radius 3 is 2.59 bits per heavy atom. The van der Waals surface area contributed by atoms with Gasteiger partial charge < -0.3 is 9.84 Å². The highest BCUT2D eigenvalue weighted by molar-refractivity contribution is 9.10. The zero-order valence-corrected chi connectivity index (χ0v) is 19.9. The highest BCUT2D eigenvalue weighted by Gasteiger charge is 2.26. The lowest BCUT2D eigenvalue weighted by Crippen LogP contribution is -2.43. The molecule has 2 heterocycles. The molecule has 32 heavy (non-hydrogen) atoms. The van der Waals surface area contributed by atoms with E-state index in [1.807, 2.05) is 30.3 Å². The summed E-state index contributed by atoms with van der Waals surface area (Å²) in [6.45, 7) is 4.42. The van der Waals surface area contributed by atoms with Crippen molar-refractivity contribution in [2.75, 3.05) is 13.1 Å². The fourth-order valence-electron chi connectivity index (χ4n) is 4.04. The van der Waals surface area contributed by atoms with Gasteiger partial charge in [-0.15, -0.1) is 0 Å². The van der Waals surface area contributed by atoms with Gasteiger partial charge in [-0.3, -0.25) is 9.69 Å². The molecule has 1 N–H and O–H groups in total. The topological polar surface area (TPSA) is 71.3 Å². The number of likely N-dealkylation sites (tertiary alicyclic amines) is 1. The average Bonchev–Trinajstić information content (AvgIpc) is 3.28. The second-order valence-corrected chi connectivity index (χ2v) is 9.42. The second kappa shape index (κ2) is 10.9. The van der Waals surface area contributed by atoms with Crippen LogP contribution < -0.4 is 5.32 Å². The zero-order valence-electron chi connectivity index (χ0n) is 18.3. The molecule has 1 unspecified atom stereocenters. The number of benzene rings is 2. The number of hydrogen-bond donors (Lipinski definition) is 1. The number of nitrogens with one attached hydrogen (secondary N) is 1. The number of nitrogens with zero attached hydrogens (tertiary/aromatic N) is 3. The van der Waals surface area contributed by atoms with Crippen LogP contribution in [0.4, 0.5) is 0 Å². The van der Waals surface area contributed by atoms with Crippen LogP contribution in [0, 0.1) is 5.92 Å². The van der Waals surface area contributed by atoms with E-state index in [9.17, 15) is 4.79 Å². The molecule has 4 rings (SSSR count). The van der Waals surface area contributed by atoms with Gasteiger partial charge >= 0.3 is 0 Å². The van der Waals surface area contributed by atoms with E-state index >= 15 is 0 Å². The van der Waals surface area contributed by atoms with Gasteiger partial charge in [0, 0.05) is 22.0 Å². The number of hydrogen-bond acceptors (Lipinski definition) is 5. The highest BCUT2D eigenvalue weighted by Crippen LogP contribution is 2.22. The first-order valence-corrected chi connectivity index (χ1v) is 12.0. The molecule has 1 fully saturated rings. The lowest BCUT2D eigenvalue weighted by atomic mass is 9.95. The standard InChI is InChI=1S/C25H29BrN4O2/c1-18(7-8-19-5-3-2-4-6-19)27-25(31)21-13-15-30(16-14-21)17-23-28-24(29-32-23)20-9-11-22(26)12-10-20/h2-6,9-12,18,21H,7-8,13-17H2,1H3,(H,27,31). The van der Waals surface area contributed by atoms with Gasteiger partial charge in [0.1, 0.15) is 0 Å². The van der Waals surface area contributed by atoms with Crippen molar-refractivity contribution < 1.29 is 9.32 Å². The Balaban J connectivity index is 1.20. The smallest absolute Gasteiger partial charge is 0.241 e. The van der Waals surface area contributed by atoms with E-state index in [0.29, 0.717) is 18.3 Å². The van der Waals surface area contributed by atoms with Crippen LogP contribution in [0.25, 0.3) is 11.4 Å². The molecule has 1 aliphatic heterocycles. The van der Waals surface area contributed by atoms with Gasteiger partial charge in [-0.1, -0.05) is 51.4 Å². The molecule has 6 nitrogen and oxygen atoms in total. The van der Waals surface area contributed by atoms with Crippen molar-refractivity contribution in [3.05, 3.63) is 70.5 Å². The fraction of sp³-hybridized carbons (Fsp3) is 0.400. The van der Waals surface area contributed by atoms with Gasteiger partial charge in [-0.25, -0.2) is 0 Å². The summed E-state index contributed by atoms with van der Waals surface area (Å²) in [6.07, 6.45) is 3.63. The van der Waals surface area contributed by atoms with Crippen LogP contribution in [0.2, 0.25) is 0 Å². The number of carbonyl (C=O) groups excluding carboxylic acids is 1. The third-order valence-corrected chi connectivity index (χ3v) is 6.51. The van der Waals surface area contributed by atoms with E-state index in [4.69, 9.17) is 4.52 Å². The average molecular weight is 497 g/mol. The quantitative estimate of drug-likeness (QED) is 0.482. The Kier molecular flexibility index (Phi) is 7.71. The minimum atomic E-state index is 0.0754. The molecule has 1 saturated heterocycles. The van der Waals surface area contributed by atoms with E-state index < -0.39 is 0 Å². The van der Waals surface area contributed by atoms with Crippen molar-refractivity contribution in [1.82, 2.24) is 20.4 Å². The van der Waals surface area contributed by atoms with Crippen molar-refractivity contribution >= 4 is 21.8 Å². The summed E-state index contributed by atoms with van der Waals surface area (Å²) in [7, 11) is 0. The summed E-state index contributed by atoms with van der Waals surface area (Å²) in [6, 6.07) is 18.4. The predicted molar refractivity (Wildman–Crippen MR) is 128 cm³/mol. The summed E-state index contributed by atoms with van der Waals surface area (Å²) in [5.74, 6) is 1.47. The van der Waals surface area contributed by atoms with Crippen LogP contribution in [-0.2, 0) is 17.8 Å². The first-order valence-electron chi connectivity index (χ1n) is 11.2. The molecule has 0 bridgehead atoms. The Bertz CT molecular complexity index is 998. The van der Waals surface area contributed by atoms with Crippen LogP contribution in [-0.4, -0.2) is 40.1 Å². The Morgan fingerprint density at radius 1 is 1.16 bits per heavy atom. The first-order chi connectivity index (χ1) is 15.6. The van der Waals surface area contributed by atoms with Gasteiger partial charge in [-0.2, -0.15) is 4.98 Å². The third kappa shape index (κ3) is 6.26. The van der Waals surface area contributed by atoms with E-state index in [2.05, 4.69) is 67.5 Å². The van der Waals surface area contributed by atoms with Crippen molar-refractivity contribution in [3.63, 3.8) is 0 Å². The van der Waals surface area contributed by atoms with Gasteiger partial charge in [0.2, 0.25) is 17.6 Å². The summed E-state index contributed by atoms with van der Waals surface area (Å²) in [5.41, 5.74) is 2.24. The lowest BCUT2D eigenvalue weighted by Gasteiger charge is -2.30. The number of amides is 1. The van der Waals surface area contributed by atoms with Crippen LogP contribution >= 0.6 is 15.9 Å².